The standard InChI is InChI=1S/C61H60N4O/c1-40-30-58(62-38-53(40)42-20-15-12-16-21-42)65-54-29-25-44(59(2,3)4)35-52(54)51-27-26-50(37-56(51)65)66-49-23-17-22-47(36-49)63-39-64(48-33-45(60(5,6)7)32-46(34-48)61(8,9)10)55-28-24-43(31-57(55)63)41-18-13-11-14-19-41/h11-38H,39H2,1-10H3/i12D,15D,16D,20D,21D. The minimum Gasteiger partial charge on any atom is -0.457 e. The minimum absolute atomic E-state index is 0.0364. The van der Waals surface area contributed by atoms with Crippen LogP contribution in [0.4, 0.5) is 22.7 Å². The van der Waals surface area contributed by atoms with Crippen LogP contribution in [-0.2, 0) is 16.2 Å². The Morgan fingerprint density at radius 1 is 0.515 bits per heavy atom. The number of fused-ring (bicyclic) bond motifs is 4. The maximum Gasteiger partial charge on any atom is 0.137 e. The molecule has 1 aliphatic heterocycles. The molecule has 0 bridgehead atoms. The number of benzene rings is 7. The van der Waals surface area contributed by atoms with E-state index in [1.54, 1.807) is 6.20 Å². The van der Waals surface area contributed by atoms with Gasteiger partial charge in [-0.25, -0.2) is 4.98 Å². The van der Waals surface area contributed by atoms with Crippen LogP contribution in [0.15, 0.2) is 170 Å². The highest BCUT2D eigenvalue weighted by atomic mass is 16.5. The summed E-state index contributed by atoms with van der Waals surface area (Å²) in [5.41, 5.74) is 13.6. The number of hydrogen-bond donors (Lipinski definition) is 0. The molecule has 7 aromatic carbocycles. The molecule has 0 amide bonds. The molecule has 0 atom stereocenters. The van der Waals surface area contributed by atoms with Crippen LogP contribution in [0.1, 0.15) is 91.4 Å². The second kappa shape index (κ2) is 16.1. The highest BCUT2D eigenvalue weighted by Crippen LogP contribution is 2.48. The Kier molecular flexibility index (Phi) is 9.06. The number of rotatable bonds is 7. The van der Waals surface area contributed by atoms with Gasteiger partial charge in [-0.1, -0.05) is 147 Å². The third-order valence-corrected chi connectivity index (χ3v) is 13.0. The lowest BCUT2D eigenvalue weighted by Gasteiger charge is -2.29. The third-order valence-electron chi connectivity index (χ3n) is 13.0. The lowest BCUT2D eigenvalue weighted by atomic mass is 9.80. The van der Waals surface area contributed by atoms with Gasteiger partial charge in [0.2, 0.25) is 0 Å². The largest absolute Gasteiger partial charge is 0.457 e. The zero-order chi connectivity index (χ0) is 50.5. The van der Waals surface area contributed by atoms with Gasteiger partial charge in [0.15, 0.2) is 0 Å². The van der Waals surface area contributed by atoms with Gasteiger partial charge in [-0.05, 0) is 129 Å². The molecule has 3 heterocycles. The van der Waals surface area contributed by atoms with Crippen LogP contribution < -0.4 is 14.5 Å². The first kappa shape index (κ1) is 37.1. The normalized spacial score (nSPS) is 14.2. The van der Waals surface area contributed by atoms with E-state index in [1.807, 2.05) is 25.1 Å². The van der Waals surface area contributed by atoms with Crippen molar-refractivity contribution in [1.82, 2.24) is 9.55 Å². The highest BCUT2D eigenvalue weighted by molar-refractivity contribution is 6.10. The van der Waals surface area contributed by atoms with Gasteiger partial charge in [0.05, 0.1) is 29.3 Å². The summed E-state index contributed by atoms with van der Waals surface area (Å²) in [5.74, 6) is 1.99. The Morgan fingerprint density at radius 2 is 1.21 bits per heavy atom. The molecule has 0 radical (unpaired) electrons. The lowest BCUT2D eigenvalue weighted by Crippen LogP contribution is -2.25. The average molecular weight is 870 g/mol. The van der Waals surface area contributed by atoms with Crippen LogP contribution in [0.3, 0.4) is 0 Å². The van der Waals surface area contributed by atoms with Crippen molar-refractivity contribution < 1.29 is 11.6 Å². The molecule has 5 heteroatoms. The molecule has 0 fully saturated rings. The molecule has 330 valence electrons. The van der Waals surface area contributed by atoms with Crippen molar-refractivity contribution in [2.24, 2.45) is 0 Å². The maximum absolute atomic E-state index is 8.67. The average Bonchev–Trinajstić information content (AvgIpc) is 3.88. The van der Waals surface area contributed by atoms with Crippen LogP contribution in [0.5, 0.6) is 11.5 Å². The van der Waals surface area contributed by atoms with E-state index < -0.39 is 6.04 Å². The van der Waals surface area contributed by atoms with Crippen molar-refractivity contribution >= 4 is 44.6 Å². The van der Waals surface area contributed by atoms with Crippen LogP contribution in [0.2, 0.25) is 0 Å². The summed E-state index contributed by atoms with van der Waals surface area (Å²) in [6.07, 6.45) is 1.62. The molecule has 0 aliphatic carbocycles. The zero-order valence-corrected chi connectivity index (χ0v) is 39.7. The maximum atomic E-state index is 8.67. The summed E-state index contributed by atoms with van der Waals surface area (Å²) in [7, 11) is 0. The summed E-state index contributed by atoms with van der Waals surface area (Å²) in [6.45, 7) is 22.8. The molecule has 0 spiro atoms. The van der Waals surface area contributed by atoms with Crippen LogP contribution >= 0.6 is 0 Å². The SMILES string of the molecule is [2H]c1c([2H])c([2H])c(-c2cnc(-n3c4ccc(C(C)(C)C)cc4c4ccc(Oc5cccc(N6CN(c7cc(C(C)(C)C)cc(C(C)(C)C)c7)c7ccc(-c8ccccc8)cc76)c5)cc43)cc2C)c([2H])c1[2H]. The van der Waals surface area contributed by atoms with Crippen molar-refractivity contribution in [1.29, 1.82) is 0 Å². The summed E-state index contributed by atoms with van der Waals surface area (Å²) < 4.78 is 51.1. The summed E-state index contributed by atoms with van der Waals surface area (Å²) >= 11 is 0. The summed E-state index contributed by atoms with van der Waals surface area (Å²) in [4.78, 5) is 9.76. The lowest BCUT2D eigenvalue weighted by molar-refractivity contribution is 0.483. The Balaban J connectivity index is 1.06. The molecule has 0 saturated heterocycles. The van der Waals surface area contributed by atoms with Gasteiger partial charge in [0.1, 0.15) is 24.0 Å². The van der Waals surface area contributed by atoms with Crippen LogP contribution in [0.25, 0.3) is 49.9 Å². The van der Waals surface area contributed by atoms with E-state index in [0.717, 1.165) is 61.2 Å². The first-order chi connectivity index (χ1) is 33.6. The van der Waals surface area contributed by atoms with Crippen molar-refractivity contribution in [2.75, 3.05) is 16.5 Å². The number of nitrogens with zero attached hydrogens (tertiary/aromatic N) is 4. The fourth-order valence-electron chi connectivity index (χ4n) is 9.08. The smallest absolute Gasteiger partial charge is 0.137 e. The summed E-state index contributed by atoms with van der Waals surface area (Å²) in [5, 5.41) is 2.11. The van der Waals surface area contributed by atoms with Gasteiger partial charge in [-0.15, -0.1) is 0 Å². The molecule has 66 heavy (non-hydrogen) atoms. The fourth-order valence-corrected chi connectivity index (χ4v) is 9.08. The molecule has 0 saturated carbocycles. The van der Waals surface area contributed by atoms with E-state index in [-0.39, 0.29) is 46.0 Å². The van der Waals surface area contributed by atoms with Crippen LogP contribution in [0, 0.1) is 6.92 Å². The molecular weight excluding hydrogens is 805 g/mol. The van der Waals surface area contributed by atoms with E-state index >= 15 is 0 Å². The summed E-state index contributed by atoms with van der Waals surface area (Å²) in [6, 6.07) is 45.8. The number of hydrogen-bond acceptors (Lipinski definition) is 4. The first-order valence-corrected chi connectivity index (χ1v) is 22.9. The Labute approximate surface area is 398 Å². The molecule has 0 unspecified atom stereocenters. The number of anilines is 4. The van der Waals surface area contributed by atoms with Gasteiger partial charge < -0.3 is 14.5 Å². The van der Waals surface area contributed by atoms with Crippen molar-refractivity contribution in [3.05, 3.63) is 192 Å². The Bertz CT molecular complexity index is 3520. The number of aryl methyl sites for hydroxylation is 1. The van der Waals surface area contributed by atoms with Gasteiger partial charge in [0.25, 0.3) is 0 Å². The number of pyridine rings is 1. The monoisotopic (exact) mass is 870 g/mol. The fraction of sp³-hybridized carbons (Fsp3) is 0.230. The number of ether oxygens (including phenoxy) is 1. The van der Waals surface area contributed by atoms with Crippen molar-refractivity contribution in [2.45, 2.75) is 85.5 Å². The zero-order valence-electron chi connectivity index (χ0n) is 44.7. The van der Waals surface area contributed by atoms with Crippen molar-refractivity contribution in [3.8, 4) is 39.6 Å². The molecule has 1 aliphatic rings. The molecular formula is C61H60N4O. The van der Waals surface area contributed by atoms with E-state index in [4.69, 9.17) is 16.6 Å². The number of aromatic nitrogens is 2. The van der Waals surface area contributed by atoms with Crippen LogP contribution in [-0.4, -0.2) is 16.2 Å². The second-order valence-corrected chi connectivity index (χ2v) is 20.8. The molecule has 2 aromatic heterocycles. The Hall–Kier alpha value is -7.11. The van der Waals surface area contributed by atoms with E-state index in [1.165, 1.54) is 16.7 Å². The van der Waals surface area contributed by atoms with Gasteiger partial charge in [0, 0.05) is 46.0 Å². The van der Waals surface area contributed by atoms with E-state index in [2.05, 4.69) is 192 Å². The van der Waals surface area contributed by atoms with Crippen molar-refractivity contribution in [3.63, 3.8) is 0 Å². The topological polar surface area (TPSA) is 33.5 Å². The molecule has 0 N–H and O–H groups in total. The molecule has 10 rings (SSSR count). The minimum atomic E-state index is -0.423. The van der Waals surface area contributed by atoms with E-state index in [9.17, 15) is 0 Å². The second-order valence-electron chi connectivity index (χ2n) is 20.8. The quantitative estimate of drug-likeness (QED) is 0.160. The predicted molar refractivity (Wildman–Crippen MR) is 279 cm³/mol. The van der Waals surface area contributed by atoms with Gasteiger partial charge in [-0.3, -0.25) is 4.57 Å². The first-order valence-electron chi connectivity index (χ1n) is 25.4. The van der Waals surface area contributed by atoms with Gasteiger partial charge in [-0.2, -0.15) is 0 Å². The van der Waals surface area contributed by atoms with E-state index in [0.29, 0.717) is 29.5 Å². The highest BCUT2D eigenvalue weighted by Gasteiger charge is 2.31. The molecule has 9 aromatic rings. The third kappa shape index (κ3) is 8.02. The van der Waals surface area contributed by atoms with Gasteiger partial charge >= 0.3 is 0 Å². The Morgan fingerprint density at radius 3 is 1.91 bits per heavy atom. The predicted octanol–water partition coefficient (Wildman–Crippen LogP) is 16.8. The molecule has 5 nitrogen and oxygen atoms in total.